The molecule has 4 N–H and O–H groups in total. The molecule has 6 nitrogen and oxygen atoms in total. The van der Waals surface area contributed by atoms with Crippen molar-refractivity contribution in [3.63, 3.8) is 0 Å². The fourth-order valence-corrected chi connectivity index (χ4v) is 3.94. The molecule has 0 saturated carbocycles. The van der Waals surface area contributed by atoms with Gasteiger partial charge in [-0.2, -0.15) is 0 Å². The topological polar surface area (TPSA) is 102 Å². The average Bonchev–Trinajstić information content (AvgIpc) is 2.84. The maximum absolute atomic E-state index is 14.1. The van der Waals surface area contributed by atoms with Crippen LogP contribution in [0.2, 0.25) is 5.02 Å². The summed E-state index contributed by atoms with van der Waals surface area (Å²) < 4.78 is 19.3. The third kappa shape index (κ3) is 7.53. The van der Waals surface area contributed by atoms with Crippen LogP contribution in [0.4, 0.5) is 9.18 Å². The van der Waals surface area contributed by atoms with Gasteiger partial charge in [-0.3, -0.25) is 4.79 Å². The maximum atomic E-state index is 14.1. The van der Waals surface area contributed by atoms with Crippen LogP contribution in [0.15, 0.2) is 72.8 Å². The number of aliphatic carboxylic acids is 1. The van der Waals surface area contributed by atoms with Gasteiger partial charge in [-0.05, 0) is 54.7 Å². The summed E-state index contributed by atoms with van der Waals surface area (Å²) in [6.45, 7) is 1.50. The van der Waals surface area contributed by atoms with Crippen molar-refractivity contribution in [2.75, 3.05) is 6.54 Å². The smallest absolute Gasteiger partial charge is 0.407 e. The fourth-order valence-electron chi connectivity index (χ4n) is 3.77. The Morgan fingerprint density at radius 2 is 1.77 bits per heavy atom. The van der Waals surface area contributed by atoms with Crippen molar-refractivity contribution in [1.82, 2.24) is 5.32 Å². The predicted octanol–water partition coefficient (Wildman–Crippen LogP) is 5.42. The summed E-state index contributed by atoms with van der Waals surface area (Å²) in [6, 6.07) is 20.3. The summed E-state index contributed by atoms with van der Waals surface area (Å²) in [5.41, 5.74) is 7.78. The van der Waals surface area contributed by atoms with Crippen LogP contribution in [0.3, 0.4) is 0 Å². The molecule has 184 valence electrons. The van der Waals surface area contributed by atoms with Crippen molar-refractivity contribution in [1.29, 1.82) is 0 Å². The first-order valence-electron chi connectivity index (χ1n) is 11.1. The summed E-state index contributed by atoms with van der Waals surface area (Å²) in [4.78, 5) is 24.0. The number of carbonyl (C=O) groups excluding carboxylic acids is 1. The zero-order chi connectivity index (χ0) is 25.4. The molecule has 0 radical (unpaired) electrons. The molecule has 0 aliphatic carbocycles. The average molecular weight is 499 g/mol. The SMILES string of the molecule is CC(CNC(=O)OCc1ccccc1)(CC(N)Cc1ccc(-c2cc(Cl)ccc2F)cc1)C(=O)O. The van der Waals surface area contributed by atoms with E-state index in [0.717, 1.165) is 11.1 Å². The number of carbonyl (C=O) groups is 2. The van der Waals surface area contributed by atoms with Gasteiger partial charge in [0.15, 0.2) is 0 Å². The first-order chi connectivity index (χ1) is 16.7. The monoisotopic (exact) mass is 498 g/mol. The number of alkyl carbamates (subject to hydrolysis) is 1. The maximum Gasteiger partial charge on any atom is 0.407 e. The van der Waals surface area contributed by atoms with Crippen molar-refractivity contribution in [2.24, 2.45) is 11.1 Å². The van der Waals surface area contributed by atoms with Crippen LogP contribution in [-0.2, 0) is 22.6 Å². The van der Waals surface area contributed by atoms with E-state index >= 15 is 0 Å². The van der Waals surface area contributed by atoms with E-state index in [0.29, 0.717) is 22.6 Å². The third-order valence-electron chi connectivity index (χ3n) is 5.76. The van der Waals surface area contributed by atoms with Gasteiger partial charge in [0, 0.05) is 23.2 Å². The molecule has 3 aromatic carbocycles. The van der Waals surface area contributed by atoms with Crippen LogP contribution in [-0.4, -0.2) is 29.8 Å². The summed E-state index contributed by atoms with van der Waals surface area (Å²) in [7, 11) is 0. The molecule has 0 aromatic heterocycles. The molecule has 3 rings (SSSR count). The van der Waals surface area contributed by atoms with E-state index in [1.807, 2.05) is 42.5 Å². The Morgan fingerprint density at radius 1 is 1.09 bits per heavy atom. The minimum absolute atomic E-state index is 0.0883. The lowest BCUT2D eigenvalue weighted by Crippen LogP contribution is -2.45. The molecule has 0 aliphatic rings. The highest BCUT2D eigenvalue weighted by atomic mass is 35.5. The number of carboxylic acid groups (broad SMARTS) is 1. The van der Waals surface area contributed by atoms with E-state index in [4.69, 9.17) is 22.1 Å². The van der Waals surface area contributed by atoms with Crippen LogP contribution in [0.5, 0.6) is 0 Å². The quantitative estimate of drug-likeness (QED) is 0.346. The Labute approximate surface area is 208 Å². The molecule has 0 heterocycles. The Balaban J connectivity index is 1.55. The Kier molecular flexibility index (Phi) is 8.84. The lowest BCUT2D eigenvalue weighted by molar-refractivity contribution is -0.148. The highest BCUT2D eigenvalue weighted by Crippen LogP contribution is 2.28. The largest absolute Gasteiger partial charge is 0.481 e. The van der Waals surface area contributed by atoms with Gasteiger partial charge in [-0.25, -0.2) is 9.18 Å². The zero-order valence-corrected chi connectivity index (χ0v) is 20.1. The van der Waals surface area contributed by atoms with Gasteiger partial charge in [0.25, 0.3) is 0 Å². The lowest BCUT2D eigenvalue weighted by atomic mass is 9.82. The minimum atomic E-state index is -1.28. The molecule has 8 heteroatoms. The van der Waals surface area contributed by atoms with Crippen molar-refractivity contribution in [3.05, 3.63) is 94.8 Å². The van der Waals surface area contributed by atoms with E-state index in [1.54, 1.807) is 18.2 Å². The van der Waals surface area contributed by atoms with Crippen LogP contribution in [0, 0.1) is 11.2 Å². The van der Waals surface area contributed by atoms with Gasteiger partial charge in [-0.15, -0.1) is 0 Å². The Morgan fingerprint density at radius 3 is 2.43 bits per heavy atom. The molecular formula is C27H28ClFN2O4. The van der Waals surface area contributed by atoms with E-state index in [9.17, 15) is 19.1 Å². The number of amides is 1. The number of nitrogens with two attached hydrogens (primary N) is 1. The van der Waals surface area contributed by atoms with Gasteiger partial charge < -0.3 is 20.9 Å². The number of ether oxygens (including phenoxy) is 1. The van der Waals surface area contributed by atoms with Crippen LogP contribution < -0.4 is 11.1 Å². The minimum Gasteiger partial charge on any atom is -0.481 e. The normalized spacial score (nSPS) is 13.5. The van der Waals surface area contributed by atoms with Crippen molar-refractivity contribution >= 4 is 23.7 Å². The van der Waals surface area contributed by atoms with Crippen molar-refractivity contribution in [2.45, 2.75) is 32.4 Å². The van der Waals surface area contributed by atoms with Gasteiger partial charge in [-0.1, -0.05) is 66.2 Å². The zero-order valence-electron chi connectivity index (χ0n) is 19.3. The van der Waals surface area contributed by atoms with Gasteiger partial charge in [0.1, 0.15) is 12.4 Å². The van der Waals surface area contributed by atoms with Crippen molar-refractivity contribution < 1.29 is 23.8 Å². The molecule has 2 atom stereocenters. The van der Waals surface area contributed by atoms with E-state index in [-0.39, 0.29) is 25.4 Å². The predicted molar refractivity (Wildman–Crippen MR) is 134 cm³/mol. The number of hydrogen-bond acceptors (Lipinski definition) is 4. The fraction of sp³-hybridized carbons (Fsp3) is 0.259. The first-order valence-corrected chi connectivity index (χ1v) is 11.5. The second kappa shape index (κ2) is 11.8. The second-order valence-electron chi connectivity index (χ2n) is 8.77. The van der Waals surface area contributed by atoms with Crippen LogP contribution >= 0.6 is 11.6 Å². The van der Waals surface area contributed by atoms with E-state index < -0.39 is 23.5 Å². The summed E-state index contributed by atoms with van der Waals surface area (Å²) in [5, 5.41) is 12.8. The summed E-state index contributed by atoms with van der Waals surface area (Å²) in [5.74, 6) is -1.44. The molecule has 0 spiro atoms. The number of hydrogen-bond donors (Lipinski definition) is 3. The highest BCUT2D eigenvalue weighted by Gasteiger charge is 2.35. The Bertz CT molecular complexity index is 1160. The van der Waals surface area contributed by atoms with Gasteiger partial charge in [0.05, 0.1) is 5.41 Å². The molecule has 0 bridgehead atoms. The molecule has 0 saturated heterocycles. The number of benzene rings is 3. The molecular weight excluding hydrogens is 471 g/mol. The highest BCUT2D eigenvalue weighted by molar-refractivity contribution is 6.30. The molecule has 2 unspecified atom stereocenters. The third-order valence-corrected chi connectivity index (χ3v) is 5.99. The molecule has 1 amide bonds. The molecule has 35 heavy (non-hydrogen) atoms. The van der Waals surface area contributed by atoms with Crippen LogP contribution in [0.25, 0.3) is 11.1 Å². The molecule has 0 fully saturated rings. The number of halogens is 2. The number of rotatable bonds is 10. The number of nitrogens with one attached hydrogen (secondary N) is 1. The Hall–Kier alpha value is -3.42. The molecule has 0 aliphatic heterocycles. The van der Waals surface area contributed by atoms with Crippen LogP contribution in [0.1, 0.15) is 24.5 Å². The molecule has 3 aromatic rings. The van der Waals surface area contributed by atoms with E-state index in [1.165, 1.54) is 19.1 Å². The lowest BCUT2D eigenvalue weighted by Gasteiger charge is -2.28. The second-order valence-corrected chi connectivity index (χ2v) is 9.21. The summed E-state index contributed by atoms with van der Waals surface area (Å²) in [6.07, 6.45) is -0.148. The summed E-state index contributed by atoms with van der Waals surface area (Å²) >= 11 is 5.98. The first kappa shape index (κ1) is 26.2. The van der Waals surface area contributed by atoms with Gasteiger partial charge >= 0.3 is 12.1 Å². The van der Waals surface area contributed by atoms with Gasteiger partial charge in [0.2, 0.25) is 0 Å². The van der Waals surface area contributed by atoms with Crippen molar-refractivity contribution in [3.8, 4) is 11.1 Å². The number of carboxylic acids is 1. The standard InChI is InChI=1S/C27H28ClFN2O4/c1-27(25(32)33,17-31-26(34)35-16-19-5-3-2-4-6-19)15-22(30)13-18-7-9-20(10-8-18)23-14-21(28)11-12-24(23)29/h2-12,14,22H,13,15-17,30H2,1H3,(H,31,34)(H,32,33). The van der Waals surface area contributed by atoms with E-state index in [2.05, 4.69) is 5.32 Å².